The average Bonchev–Trinajstić information content (AvgIpc) is 2.68. The van der Waals surface area contributed by atoms with Gasteiger partial charge in [-0.05, 0) is 46.6 Å². The molecular formula is C19H20BrNO5S. The van der Waals surface area contributed by atoms with Crippen LogP contribution in [-0.2, 0) is 26.1 Å². The molecule has 0 aromatic heterocycles. The van der Waals surface area contributed by atoms with E-state index in [1.54, 1.807) is 12.1 Å². The van der Waals surface area contributed by atoms with E-state index in [4.69, 9.17) is 9.47 Å². The van der Waals surface area contributed by atoms with E-state index in [1.807, 2.05) is 31.2 Å². The maximum atomic E-state index is 12.9. The maximum absolute atomic E-state index is 12.9. The topological polar surface area (TPSA) is 72.9 Å². The van der Waals surface area contributed by atoms with E-state index < -0.39 is 16.0 Å². The fraction of sp³-hybridized carbons (Fsp3) is 0.316. The first kappa shape index (κ1) is 20.0. The molecule has 0 spiro atoms. The number of nitrogens with zero attached hydrogens (tertiary/aromatic N) is 1. The van der Waals surface area contributed by atoms with Crippen molar-refractivity contribution in [3.63, 3.8) is 0 Å². The van der Waals surface area contributed by atoms with Crippen molar-refractivity contribution in [2.45, 2.75) is 18.4 Å². The highest BCUT2D eigenvalue weighted by atomic mass is 79.9. The molecule has 1 aliphatic rings. The van der Waals surface area contributed by atoms with Gasteiger partial charge in [-0.3, -0.25) is 0 Å². The lowest BCUT2D eigenvalue weighted by atomic mass is 10.2. The Morgan fingerprint density at radius 3 is 2.48 bits per heavy atom. The fourth-order valence-electron chi connectivity index (χ4n) is 2.67. The van der Waals surface area contributed by atoms with Crippen LogP contribution in [0.4, 0.5) is 0 Å². The van der Waals surface area contributed by atoms with E-state index in [1.165, 1.54) is 10.4 Å². The van der Waals surface area contributed by atoms with Crippen molar-refractivity contribution in [3.05, 3.63) is 63.6 Å². The number of hydrogen-bond donors (Lipinski definition) is 0. The van der Waals surface area contributed by atoms with Crippen LogP contribution in [0.1, 0.15) is 21.5 Å². The molecule has 0 amide bonds. The van der Waals surface area contributed by atoms with Crippen LogP contribution in [0.2, 0.25) is 0 Å². The van der Waals surface area contributed by atoms with Crippen molar-refractivity contribution in [2.75, 3.05) is 26.3 Å². The number of carbonyl (C=O) groups excluding carboxylic acids is 1. The predicted octanol–water partition coefficient (Wildman–Crippen LogP) is 3.14. The van der Waals surface area contributed by atoms with Crippen LogP contribution in [0.5, 0.6) is 0 Å². The molecule has 0 aliphatic carbocycles. The lowest BCUT2D eigenvalue weighted by Crippen LogP contribution is -2.40. The Hall–Kier alpha value is -1.74. The summed E-state index contributed by atoms with van der Waals surface area (Å²) in [5, 5.41) is 0. The molecule has 0 saturated carbocycles. The van der Waals surface area contributed by atoms with Gasteiger partial charge >= 0.3 is 5.97 Å². The molecule has 1 fully saturated rings. The minimum absolute atomic E-state index is 0.0502. The van der Waals surface area contributed by atoms with Gasteiger partial charge in [-0.15, -0.1) is 0 Å². The zero-order valence-corrected chi connectivity index (χ0v) is 17.3. The summed E-state index contributed by atoms with van der Waals surface area (Å²) in [5.41, 5.74) is 2.18. The maximum Gasteiger partial charge on any atom is 0.338 e. The quantitative estimate of drug-likeness (QED) is 0.650. The largest absolute Gasteiger partial charge is 0.457 e. The van der Waals surface area contributed by atoms with E-state index in [-0.39, 0.29) is 30.2 Å². The number of sulfonamides is 1. The van der Waals surface area contributed by atoms with Gasteiger partial charge in [-0.2, -0.15) is 4.31 Å². The second-order valence-electron chi connectivity index (χ2n) is 6.22. The highest BCUT2D eigenvalue weighted by Crippen LogP contribution is 2.27. The summed E-state index contributed by atoms with van der Waals surface area (Å²) in [7, 11) is -3.72. The molecule has 2 aromatic rings. The smallest absolute Gasteiger partial charge is 0.338 e. The molecule has 1 saturated heterocycles. The highest BCUT2D eigenvalue weighted by molar-refractivity contribution is 9.10. The lowest BCUT2D eigenvalue weighted by molar-refractivity contribution is 0.0472. The number of ether oxygens (including phenoxy) is 2. The molecule has 8 heteroatoms. The van der Waals surface area contributed by atoms with E-state index in [0.29, 0.717) is 17.7 Å². The summed E-state index contributed by atoms with van der Waals surface area (Å²) < 4.78 is 38.1. The number of morpholine rings is 1. The summed E-state index contributed by atoms with van der Waals surface area (Å²) in [6.45, 7) is 3.40. The molecular weight excluding hydrogens is 434 g/mol. The number of halogens is 1. The molecule has 27 heavy (non-hydrogen) atoms. The Labute approximate surface area is 167 Å². The second-order valence-corrected chi connectivity index (χ2v) is 8.98. The van der Waals surface area contributed by atoms with Gasteiger partial charge in [0.25, 0.3) is 0 Å². The van der Waals surface area contributed by atoms with Crippen LogP contribution in [0.15, 0.2) is 51.8 Å². The first-order valence-corrected chi connectivity index (χ1v) is 10.7. The number of esters is 1. The third-order valence-corrected chi connectivity index (χ3v) is 7.14. The summed E-state index contributed by atoms with van der Waals surface area (Å²) in [6.07, 6.45) is 0. The first-order chi connectivity index (χ1) is 12.9. The molecule has 0 atom stereocenters. The summed E-state index contributed by atoms with van der Waals surface area (Å²) >= 11 is 3.28. The number of hydrogen-bond acceptors (Lipinski definition) is 5. The van der Waals surface area contributed by atoms with Crippen LogP contribution >= 0.6 is 15.9 Å². The van der Waals surface area contributed by atoms with Gasteiger partial charge in [0.05, 0.1) is 23.7 Å². The van der Waals surface area contributed by atoms with Crippen molar-refractivity contribution >= 4 is 31.9 Å². The molecule has 0 N–H and O–H groups in total. The summed E-state index contributed by atoms with van der Waals surface area (Å²) in [6, 6.07) is 12.1. The van der Waals surface area contributed by atoms with Gasteiger partial charge in [0.15, 0.2) is 0 Å². The van der Waals surface area contributed by atoms with E-state index in [0.717, 1.165) is 11.1 Å². The lowest BCUT2D eigenvalue weighted by Gasteiger charge is -2.26. The van der Waals surface area contributed by atoms with Gasteiger partial charge in [0.2, 0.25) is 10.0 Å². The van der Waals surface area contributed by atoms with Crippen LogP contribution in [0.3, 0.4) is 0 Å². The van der Waals surface area contributed by atoms with Crippen molar-refractivity contribution in [1.29, 1.82) is 0 Å². The van der Waals surface area contributed by atoms with Crippen LogP contribution in [0, 0.1) is 6.92 Å². The van der Waals surface area contributed by atoms with E-state index in [9.17, 15) is 13.2 Å². The summed E-state index contributed by atoms with van der Waals surface area (Å²) in [5.74, 6) is -0.568. The minimum atomic E-state index is -3.72. The van der Waals surface area contributed by atoms with Crippen LogP contribution < -0.4 is 0 Å². The Bertz CT molecular complexity index is 922. The van der Waals surface area contributed by atoms with Crippen molar-refractivity contribution in [3.8, 4) is 0 Å². The Kier molecular flexibility index (Phi) is 6.31. The molecule has 0 bridgehead atoms. The number of benzene rings is 2. The molecule has 3 rings (SSSR count). The monoisotopic (exact) mass is 453 g/mol. The van der Waals surface area contributed by atoms with Crippen LogP contribution in [-0.4, -0.2) is 45.0 Å². The van der Waals surface area contributed by atoms with Gasteiger partial charge in [-0.1, -0.05) is 29.8 Å². The first-order valence-electron chi connectivity index (χ1n) is 8.48. The Balaban J connectivity index is 1.77. The highest BCUT2D eigenvalue weighted by Gasteiger charge is 2.29. The normalized spacial score (nSPS) is 15.5. The molecule has 0 radical (unpaired) electrons. The Morgan fingerprint density at radius 2 is 1.81 bits per heavy atom. The fourth-order valence-corrected chi connectivity index (χ4v) is 5.03. The summed E-state index contributed by atoms with van der Waals surface area (Å²) in [4.78, 5) is 12.4. The molecule has 144 valence electrons. The van der Waals surface area contributed by atoms with Gasteiger partial charge in [0.1, 0.15) is 6.61 Å². The van der Waals surface area contributed by atoms with Gasteiger partial charge in [0, 0.05) is 17.6 Å². The number of rotatable bonds is 5. The molecule has 1 heterocycles. The zero-order valence-electron chi connectivity index (χ0n) is 14.9. The number of aryl methyl sites for hydroxylation is 1. The third-order valence-electron chi connectivity index (χ3n) is 4.25. The molecule has 2 aromatic carbocycles. The van der Waals surface area contributed by atoms with Gasteiger partial charge < -0.3 is 9.47 Å². The van der Waals surface area contributed by atoms with Crippen molar-refractivity contribution in [1.82, 2.24) is 4.31 Å². The van der Waals surface area contributed by atoms with Crippen LogP contribution in [0.25, 0.3) is 0 Å². The van der Waals surface area contributed by atoms with E-state index in [2.05, 4.69) is 15.9 Å². The molecule has 1 aliphatic heterocycles. The number of carbonyl (C=O) groups is 1. The Morgan fingerprint density at radius 1 is 1.15 bits per heavy atom. The zero-order chi connectivity index (χ0) is 19.4. The van der Waals surface area contributed by atoms with Crippen molar-refractivity contribution in [2.24, 2.45) is 0 Å². The average molecular weight is 454 g/mol. The van der Waals surface area contributed by atoms with Crippen molar-refractivity contribution < 1.29 is 22.7 Å². The minimum Gasteiger partial charge on any atom is -0.457 e. The second kappa shape index (κ2) is 8.52. The SMILES string of the molecule is Cc1ccc(COC(=O)c2ccc(Br)c(S(=O)(=O)N3CCOCC3)c2)cc1. The molecule has 0 unspecified atom stereocenters. The predicted molar refractivity (Wildman–Crippen MR) is 104 cm³/mol. The van der Waals surface area contributed by atoms with E-state index >= 15 is 0 Å². The molecule has 6 nitrogen and oxygen atoms in total. The third kappa shape index (κ3) is 4.76. The van der Waals surface area contributed by atoms with Gasteiger partial charge in [-0.25, -0.2) is 13.2 Å². The standard InChI is InChI=1S/C19H20BrNO5S/c1-14-2-4-15(5-3-14)13-26-19(22)16-6-7-17(20)18(12-16)27(23,24)21-8-10-25-11-9-21/h2-7,12H,8-11,13H2,1H3.